The van der Waals surface area contributed by atoms with Crippen molar-refractivity contribution in [3.63, 3.8) is 0 Å². The first-order valence-electron chi connectivity index (χ1n) is 11.3. The lowest BCUT2D eigenvalue weighted by molar-refractivity contribution is 0.0701. The lowest BCUT2D eigenvalue weighted by Crippen LogP contribution is -2.39. The van der Waals surface area contributed by atoms with Crippen LogP contribution < -0.4 is 4.90 Å². The Kier molecular flexibility index (Phi) is 5.59. The van der Waals surface area contributed by atoms with Crippen molar-refractivity contribution in [1.29, 1.82) is 0 Å². The van der Waals surface area contributed by atoms with E-state index in [9.17, 15) is 9.18 Å². The molecule has 1 amide bonds. The maximum atomic E-state index is 14.2. The monoisotopic (exact) mass is 434 g/mol. The summed E-state index contributed by atoms with van der Waals surface area (Å²) >= 11 is 0. The van der Waals surface area contributed by atoms with Crippen molar-refractivity contribution in [2.75, 3.05) is 31.1 Å². The van der Waals surface area contributed by atoms with Gasteiger partial charge in [-0.3, -0.25) is 9.48 Å². The van der Waals surface area contributed by atoms with Crippen molar-refractivity contribution in [3.05, 3.63) is 59.8 Å². The molecule has 5 rings (SSSR count). The van der Waals surface area contributed by atoms with E-state index in [0.29, 0.717) is 13.1 Å². The van der Waals surface area contributed by atoms with Crippen LogP contribution in [0.15, 0.2) is 42.7 Å². The Balaban J connectivity index is 1.42. The summed E-state index contributed by atoms with van der Waals surface area (Å²) < 4.78 is 16.0. The number of carbonyl (C=O) groups excluding carboxylic acids is 1. The Morgan fingerprint density at radius 2 is 1.91 bits per heavy atom. The predicted molar refractivity (Wildman–Crippen MR) is 120 cm³/mol. The molecule has 1 atom stereocenters. The number of halogens is 1. The van der Waals surface area contributed by atoms with E-state index in [1.807, 2.05) is 25.5 Å². The Hall–Kier alpha value is -3.29. The standard InChI is InChI=1S/C24H27FN6O/c1-29-16-19(21-10-11-26-24(27-21)30-12-4-5-13-30)22(28-29)17-7-6-14-31(15-17)23(32)18-8-2-3-9-20(18)25/h2-3,8-11,16-17H,4-7,12-15H2,1H3/t17-/m1/s1. The van der Waals surface area contributed by atoms with Gasteiger partial charge >= 0.3 is 0 Å². The van der Waals surface area contributed by atoms with Crippen LogP contribution in [0, 0.1) is 5.82 Å². The van der Waals surface area contributed by atoms with Gasteiger partial charge < -0.3 is 9.80 Å². The van der Waals surface area contributed by atoms with Crippen LogP contribution in [0.5, 0.6) is 0 Å². The molecule has 2 aromatic heterocycles. The molecule has 0 saturated carbocycles. The van der Waals surface area contributed by atoms with Crippen molar-refractivity contribution in [2.45, 2.75) is 31.6 Å². The zero-order chi connectivity index (χ0) is 22.1. The van der Waals surface area contributed by atoms with E-state index < -0.39 is 5.82 Å². The molecule has 1 aromatic carbocycles. The number of nitrogens with zero attached hydrogens (tertiary/aromatic N) is 6. The fourth-order valence-electron chi connectivity index (χ4n) is 4.76. The van der Waals surface area contributed by atoms with Crippen LogP contribution in [0.25, 0.3) is 11.3 Å². The summed E-state index contributed by atoms with van der Waals surface area (Å²) in [7, 11) is 1.90. The second kappa shape index (κ2) is 8.68. The highest BCUT2D eigenvalue weighted by Gasteiger charge is 2.30. The van der Waals surface area contributed by atoms with Crippen molar-refractivity contribution in [2.24, 2.45) is 7.05 Å². The Labute approximate surface area is 186 Å². The zero-order valence-corrected chi connectivity index (χ0v) is 18.2. The van der Waals surface area contributed by atoms with Crippen LogP contribution in [0.4, 0.5) is 10.3 Å². The second-order valence-corrected chi connectivity index (χ2v) is 8.61. The predicted octanol–water partition coefficient (Wildman–Crippen LogP) is 3.64. The molecule has 0 aliphatic carbocycles. The highest BCUT2D eigenvalue weighted by molar-refractivity contribution is 5.94. The normalized spacial score (nSPS) is 18.9. The molecular formula is C24H27FN6O. The highest BCUT2D eigenvalue weighted by atomic mass is 19.1. The number of aromatic nitrogens is 4. The third-order valence-corrected chi connectivity index (χ3v) is 6.36. The maximum Gasteiger partial charge on any atom is 0.256 e. The van der Waals surface area contributed by atoms with Crippen LogP contribution in [0.1, 0.15) is 47.7 Å². The van der Waals surface area contributed by atoms with Gasteiger partial charge in [-0.1, -0.05) is 12.1 Å². The van der Waals surface area contributed by atoms with Gasteiger partial charge in [-0.05, 0) is 43.9 Å². The van der Waals surface area contributed by atoms with E-state index in [4.69, 9.17) is 10.1 Å². The summed E-state index contributed by atoms with van der Waals surface area (Å²) in [6.07, 6.45) is 7.91. The minimum atomic E-state index is -0.478. The van der Waals surface area contributed by atoms with E-state index in [1.165, 1.54) is 18.9 Å². The van der Waals surface area contributed by atoms with E-state index in [-0.39, 0.29) is 17.4 Å². The first-order valence-corrected chi connectivity index (χ1v) is 11.3. The van der Waals surface area contributed by atoms with E-state index in [2.05, 4.69) is 9.88 Å². The van der Waals surface area contributed by atoms with Crippen molar-refractivity contribution in [3.8, 4) is 11.3 Å². The van der Waals surface area contributed by atoms with Crippen LogP contribution in [0.3, 0.4) is 0 Å². The van der Waals surface area contributed by atoms with E-state index >= 15 is 0 Å². The molecule has 8 heteroatoms. The van der Waals surface area contributed by atoms with Crippen LogP contribution in [-0.2, 0) is 7.05 Å². The Morgan fingerprint density at radius 3 is 2.72 bits per heavy atom. The SMILES string of the molecule is Cn1cc(-c2ccnc(N3CCCC3)n2)c([C@@H]2CCCN(C(=O)c3ccccc3F)C2)n1. The number of amides is 1. The van der Waals surface area contributed by atoms with Crippen molar-refractivity contribution >= 4 is 11.9 Å². The van der Waals surface area contributed by atoms with Gasteiger partial charge in [0.05, 0.1) is 17.0 Å². The molecule has 0 unspecified atom stereocenters. The molecule has 3 aromatic rings. The summed E-state index contributed by atoms with van der Waals surface area (Å²) in [4.78, 5) is 26.3. The number of anilines is 1. The fourth-order valence-corrected chi connectivity index (χ4v) is 4.76. The average Bonchev–Trinajstić information content (AvgIpc) is 3.49. The maximum absolute atomic E-state index is 14.2. The number of benzene rings is 1. The molecule has 32 heavy (non-hydrogen) atoms. The summed E-state index contributed by atoms with van der Waals surface area (Å²) in [5.74, 6) is 0.0906. The minimum absolute atomic E-state index is 0.0703. The molecule has 0 spiro atoms. The summed E-state index contributed by atoms with van der Waals surface area (Å²) in [6.45, 7) is 3.11. The second-order valence-electron chi connectivity index (χ2n) is 8.61. The van der Waals surface area contributed by atoms with Gasteiger partial charge in [-0.25, -0.2) is 14.4 Å². The first-order chi connectivity index (χ1) is 15.6. The van der Waals surface area contributed by atoms with Crippen LogP contribution in [-0.4, -0.2) is 56.7 Å². The van der Waals surface area contributed by atoms with Gasteiger partial charge in [0.15, 0.2) is 0 Å². The third kappa shape index (κ3) is 3.97. The van der Waals surface area contributed by atoms with Crippen LogP contribution >= 0.6 is 0 Å². The number of hydrogen-bond acceptors (Lipinski definition) is 5. The van der Waals surface area contributed by atoms with E-state index in [1.54, 1.807) is 27.8 Å². The number of aryl methyl sites for hydroxylation is 1. The number of rotatable bonds is 4. The lowest BCUT2D eigenvalue weighted by Gasteiger charge is -2.32. The molecule has 0 radical (unpaired) electrons. The Morgan fingerprint density at radius 1 is 1.09 bits per heavy atom. The van der Waals surface area contributed by atoms with Gasteiger partial charge in [0.1, 0.15) is 5.82 Å². The van der Waals surface area contributed by atoms with E-state index in [0.717, 1.165) is 48.8 Å². The number of hydrogen-bond donors (Lipinski definition) is 0. The quantitative estimate of drug-likeness (QED) is 0.627. The van der Waals surface area contributed by atoms with Gasteiger partial charge in [0.2, 0.25) is 5.95 Å². The average molecular weight is 435 g/mol. The molecule has 0 N–H and O–H groups in total. The smallest absolute Gasteiger partial charge is 0.256 e. The van der Waals surface area contributed by atoms with Crippen molar-refractivity contribution < 1.29 is 9.18 Å². The molecule has 7 nitrogen and oxygen atoms in total. The topological polar surface area (TPSA) is 67.2 Å². The molecule has 4 heterocycles. The molecule has 2 aliphatic heterocycles. The summed E-state index contributed by atoms with van der Waals surface area (Å²) in [5.41, 5.74) is 2.88. The number of likely N-dealkylation sites (tertiary alicyclic amines) is 1. The molecule has 166 valence electrons. The third-order valence-electron chi connectivity index (χ3n) is 6.36. The number of piperidine rings is 1. The summed E-state index contributed by atoms with van der Waals surface area (Å²) in [5, 5.41) is 4.75. The van der Waals surface area contributed by atoms with Gasteiger partial charge in [-0.2, -0.15) is 5.10 Å². The van der Waals surface area contributed by atoms with Crippen LogP contribution in [0.2, 0.25) is 0 Å². The minimum Gasteiger partial charge on any atom is -0.341 e. The molecule has 2 aliphatic rings. The summed E-state index contributed by atoms with van der Waals surface area (Å²) in [6, 6.07) is 8.10. The lowest BCUT2D eigenvalue weighted by atomic mass is 9.91. The molecule has 2 saturated heterocycles. The van der Waals surface area contributed by atoms with Crippen molar-refractivity contribution in [1.82, 2.24) is 24.6 Å². The largest absolute Gasteiger partial charge is 0.341 e. The molecular weight excluding hydrogens is 407 g/mol. The fraction of sp³-hybridized carbons (Fsp3) is 0.417. The zero-order valence-electron chi connectivity index (χ0n) is 18.2. The van der Waals surface area contributed by atoms with Gasteiger partial charge in [0, 0.05) is 57.1 Å². The molecule has 0 bridgehead atoms. The highest BCUT2D eigenvalue weighted by Crippen LogP contribution is 2.34. The van der Waals surface area contributed by atoms with Gasteiger partial charge in [-0.15, -0.1) is 0 Å². The number of carbonyl (C=O) groups is 1. The first kappa shape index (κ1) is 20.6. The van der Waals surface area contributed by atoms with Gasteiger partial charge in [0.25, 0.3) is 5.91 Å². The molecule has 2 fully saturated rings. The Bertz CT molecular complexity index is 1120.